The van der Waals surface area contributed by atoms with Crippen LogP contribution in [0.2, 0.25) is 0 Å². The van der Waals surface area contributed by atoms with E-state index < -0.39 is 18.7 Å². The molecule has 92 valence electrons. The highest BCUT2D eigenvalue weighted by molar-refractivity contribution is 5.39. The average molecular weight is 244 g/mol. The van der Waals surface area contributed by atoms with Crippen molar-refractivity contribution in [3.63, 3.8) is 0 Å². The van der Waals surface area contributed by atoms with Crippen LogP contribution < -0.4 is 0 Å². The van der Waals surface area contributed by atoms with Gasteiger partial charge in [0.25, 0.3) is 0 Å². The lowest BCUT2D eigenvalue weighted by molar-refractivity contribution is -0.140. The number of pyridine rings is 1. The van der Waals surface area contributed by atoms with Gasteiger partial charge in [-0.3, -0.25) is 0 Å². The van der Waals surface area contributed by atoms with E-state index in [-0.39, 0.29) is 12.1 Å². The topological polar surface area (TPSA) is 37.5 Å². The van der Waals surface area contributed by atoms with Gasteiger partial charge < -0.3 is 9.51 Å². The Morgan fingerprint density at radius 2 is 2.12 bits per heavy atom. The Morgan fingerprint density at radius 1 is 1.35 bits per heavy atom. The van der Waals surface area contributed by atoms with Crippen LogP contribution in [0.25, 0.3) is 5.65 Å². The molecule has 0 bridgehead atoms. The molecule has 0 aromatic carbocycles. The third-order valence-corrected chi connectivity index (χ3v) is 2.43. The highest BCUT2D eigenvalue weighted by atomic mass is 19.4. The number of nitrogens with zero attached hydrogens (tertiary/aromatic N) is 2. The summed E-state index contributed by atoms with van der Waals surface area (Å²) in [5.41, 5.74) is 0.869. The van der Waals surface area contributed by atoms with Gasteiger partial charge in [0.1, 0.15) is 5.65 Å². The second kappa shape index (κ2) is 4.37. The van der Waals surface area contributed by atoms with Gasteiger partial charge in [-0.05, 0) is 18.6 Å². The number of aliphatic hydroxyl groups excluding tert-OH is 1. The molecule has 2 rings (SSSR count). The van der Waals surface area contributed by atoms with Gasteiger partial charge in [-0.1, -0.05) is 6.07 Å². The maximum absolute atomic E-state index is 12.0. The molecule has 0 aliphatic carbocycles. The van der Waals surface area contributed by atoms with Crippen LogP contribution >= 0.6 is 0 Å². The fourth-order valence-corrected chi connectivity index (χ4v) is 1.56. The Hall–Kier alpha value is -1.56. The predicted octanol–water partition coefficient (Wildman–Crippen LogP) is 2.71. The molecule has 1 N–H and O–H groups in total. The van der Waals surface area contributed by atoms with E-state index in [4.69, 9.17) is 0 Å². The van der Waals surface area contributed by atoms with Gasteiger partial charge in [-0.2, -0.15) is 13.2 Å². The van der Waals surface area contributed by atoms with Gasteiger partial charge in [-0.15, -0.1) is 0 Å². The van der Waals surface area contributed by atoms with E-state index in [2.05, 4.69) is 4.98 Å². The van der Waals surface area contributed by atoms with Crippen LogP contribution in [0.5, 0.6) is 0 Å². The largest absolute Gasteiger partial charge is 0.389 e. The smallest absolute Gasteiger partial charge is 0.387 e. The van der Waals surface area contributed by atoms with Crippen molar-refractivity contribution < 1.29 is 18.3 Å². The molecule has 0 amide bonds. The zero-order valence-electron chi connectivity index (χ0n) is 8.85. The third-order valence-electron chi connectivity index (χ3n) is 2.43. The molecule has 3 nitrogen and oxygen atoms in total. The Bertz CT molecular complexity index is 474. The van der Waals surface area contributed by atoms with Crippen molar-refractivity contribution in [3.05, 3.63) is 36.3 Å². The lowest BCUT2D eigenvalue weighted by Gasteiger charge is -2.09. The summed E-state index contributed by atoms with van der Waals surface area (Å²) in [5, 5.41) is 9.61. The molecule has 0 aliphatic heterocycles. The van der Waals surface area contributed by atoms with Crippen molar-refractivity contribution in [1.29, 1.82) is 0 Å². The van der Waals surface area contributed by atoms with Crippen LogP contribution in [0.15, 0.2) is 30.6 Å². The summed E-state index contributed by atoms with van der Waals surface area (Å²) in [4.78, 5) is 4.06. The first-order chi connectivity index (χ1) is 7.96. The number of aliphatic hydroxyl groups is 1. The minimum Gasteiger partial charge on any atom is -0.387 e. The van der Waals surface area contributed by atoms with Crippen molar-refractivity contribution in [2.45, 2.75) is 25.1 Å². The van der Waals surface area contributed by atoms with Gasteiger partial charge in [0.15, 0.2) is 0 Å². The van der Waals surface area contributed by atoms with Crippen LogP contribution in [0.3, 0.4) is 0 Å². The van der Waals surface area contributed by atoms with E-state index in [9.17, 15) is 18.3 Å². The molecule has 1 atom stereocenters. The number of imidazole rings is 1. The summed E-state index contributed by atoms with van der Waals surface area (Å²) in [6, 6.07) is 5.27. The van der Waals surface area contributed by atoms with Crippen molar-refractivity contribution in [2.24, 2.45) is 0 Å². The van der Waals surface area contributed by atoms with Crippen molar-refractivity contribution in [1.82, 2.24) is 9.38 Å². The number of hydrogen-bond acceptors (Lipinski definition) is 2. The minimum atomic E-state index is -4.25. The fourth-order valence-electron chi connectivity index (χ4n) is 1.56. The van der Waals surface area contributed by atoms with Crippen molar-refractivity contribution in [3.8, 4) is 0 Å². The maximum Gasteiger partial charge on any atom is 0.389 e. The van der Waals surface area contributed by atoms with Gasteiger partial charge in [0.2, 0.25) is 0 Å². The van der Waals surface area contributed by atoms with Crippen molar-refractivity contribution >= 4 is 5.65 Å². The lowest BCUT2D eigenvalue weighted by Crippen LogP contribution is -2.10. The zero-order valence-corrected chi connectivity index (χ0v) is 8.85. The highest BCUT2D eigenvalue weighted by Gasteiger charge is 2.28. The first-order valence-electron chi connectivity index (χ1n) is 5.14. The Kier molecular flexibility index (Phi) is 3.06. The number of halogens is 3. The van der Waals surface area contributed by atoms with E-state index in [0.29, 0.717) is 5.65 Å². The van der Waals surface area contributed by atoms with E-state index in [1.54, 1.807) is 28.8 Å². The molecule has 0 aliphatic rings. The summed E-state index contributed by atoms with van der Waals surface area (Å²) in [7, 11) is 0. The SMILES string of the molecule is OC(CCC(F)(F)F)c1cn2ccccc2n1. The maximum atomic E-state index is 12.0. The van der Waals surface area contributed by atoms with Crippen LogP contribution in [0.1, 0.15) is 24.6 Å². The molecule has 17 heavy (non-hydrogen) atoms. The monoisotopic (exact) mass is 244 g/mol. The molecule has 6 heteroatoms. The van der Waals surface area contributed by atoms with Crippen LogP contribution in [0.4, 0.5) is 13.2 Å². The number of hydrogen-bond donors (Lipinski definition) is 1. The van der Waals surface area contributed by atoms with Gasteiger partial charge >= 0.3 is 6.18 Å². The predicted molar refractivity (Wildman–Crippen MR) is 55.4 cm³/mol. The Balaban J connectivity index is 2.11. The van der Waals surface area contributed by atoms with Gasteiger partial charge in [0, 0.05) is 18.8 Å². The Morgan fingerprint density at radius 3 is 2.76 bits per heavy atom. The minimum absolute atomic E-state index is 0.264. The molecule has 2 aromatic heterocycles. The number of fused-ring (bicyclic) bond motifs is 1. The highest BCUT2D eigenvalue weighted by Crippen LogP contribution is 2.27. The van der Waals surface area contributed by atoms with Crippen LogP contribution in [0, 0.1) is 0 Å². The molecule has 0 spiro atoms. The van der Waals surface area contributed by atoms with E-state index in [1.165, 1.54) is 6.20 Å². The number of aromatic nitrogens is 2. The third kappa shape index (κ3) is 2.97. The Labute approximate surface area is 95.5 Å². The second-order valence-electron chi connectivity index (χ2n) is 3.80. The van der Waals surface area contributed by atoms with Crippen LogP contribution in [-0.2, 0) is 0 Å². The van der Waals surface area contributed by atoms with E-state index in [0.717, 1.165) is 0 Å². The van der Waals surface area contributed by atoms with Crippen molar-refractivity contribution in [2.75, 3.05) is 0 Å². The molecule has 0 saturated carbocycles. The fraction of sp³-hybridized carbons (Fsp3) is 0.364. The molecule has 1 unspecified atom stereocenters. The van der Waals surface area contributed by atoms with Crippen LogP contribution in [-0.4, -0.2) is 20.7 Å². The van der Waals surface area contributed by atoms with E-state index in [1.807, 2.05) is 0 Å². The normalized spacial score (nSPS) is 14.1. The molecule has 0 radical (unpaired) electrons. The first-order valence-corrected chi connectivity index (χ1v) is 5.14. The summed E-state index contributed by atoms with van der Waals surface area (Å²) < 4.78 is 37.7. The molecular weight excluding hydrogens is 233 g/mol. The summed E-state index contributed by atoms with van der Waals surface area (Å²) >= 11 is 0. The van der Waals surface area contributed by atoms with E-state index >= 15 is 0 Å². The summed E-state index contributed by atoms with van der Waals surface area (Å²) in [6.07, 6.45) is -3.55. The van der Waals surface area contributed by atoms with Gasteiger partial charge in [-0.25, -0.2) is 4.98 Å². The van der Waals surface area contributed by atoms with Gasteiger partial charge in [0.05, 0.1) is 11.8 Å². The molecular formula is C11H11F3N2O. The molecule has 2 heterocycles. The second-order valence-corrected chi connectivity index (χ2v) is 3.80. The first kappa shape index (κ1) is 11.9. The summed E-state index contributed by atoms with van der Waals surface area (Å²) in [6.45, 7) is 0. The standard InChI is InChI=1S/C11H11F3N2O/c12-11(13,14)5-4-9(17)8-7-16-6-2-1-3-10(16)15-8/h1-3,6-7,9,17H,4-5H2. The quantitative estimate of drug-likeness (QED) is 0.901. The lowest BCUT2D eigenvalue weighted by atomic mass is 10.1. The summed E-state index contributed by atoms with van der Waals surface area (Å²) in [5.74, 6) is 0. The average Bonchev–Trinajstić information content (AvgIpc) is 2.68. The molecule has 0 saturated heterocycles. The molecule has 2 aromatic rings. The number of alkyl halides is 3. The zero-order chi connectivity index (χ0) is 12.5. The number of rotatable bonds is 3. The molecule has 0 fully saturated rings.